The van der Waals surface area contributed by atoms with E-state index < -0.39 is 0 Å². The molecule has 2 aromatic rings. The Balaban J connectivity index is 1.32. The predicted molar refractivity (Wildman–Crippen MR) is 97.1 cm³/mol. The second kappa shape index (κ2) is 7.32. The third-order valence-corrected chi connectivity index (χ3v) is 6.82. The van der Waals surface area contributed by atoms with Gasteiger partial charge in [-0.15, -0.1) is 11.8 Å². The van der Waals surface area contributed by atoms with Crippen molar-refractivity contribution in [2.45, 2.75) is 43.2 Å². The van der Waals surface area contributed by atoms with Gasteiger partial charge in [-0.1, -0.05) is 30.3 Å². The summed E-state index contributed by atoms with van der Waals surface area (Å²) in [6.07, 6.45) is 6.37. The van der Waals surface area contributed by atoms with Crippen LogP contribution in [0.5, 0.6) is 0 Å². The molecule has 0 amide bonds. The van der Waals surface area contributed by atoms with Crippen molar-refractivity contribution in [1.29, 1.82) is 0 Å². The molecule has 1 aromatic carbocycles. The Morgan fingerprint density at radius 1 is 1.13 bits per heavy atom. The van der Waals surface area contributed by atoms with Gasteiger partial charge in [0.15, 0.2) is 0 Å². The Labute approximate surface area is 146 Å². The highest BCUT2D eigenvalue weighted by Gasteiger charge is 2.36. The molecule has 2 aliphatic rings. The van der Waals surface area contributed by atoms with E-state index in [-0.39, 0.29) is 0 Å². The van der Waals surface area contributed by atoms with Crippen LogP contribution in [-0.4, -0.2) is 32.5 Å². The summed E-state index contributed by atoms with van der Waals surface area (Å²) < 4.78 is 9.25. The third-order valence-electron chi connectivity index (χ3n) is 5.10. The van der Waals surface area contributed by atoms with Crippen molar-refractivity contribution in [2.24, 2.45) is 5.92 Å². The topological polar surface area (TPSA) is 29.0 Å². The predicted octanol–water partition coefficient (Wildman–Crippen LogP) is 4.42. The standard InChI is InChI=1S/C18H23N3S2/c1-2-5-14(6-3-1)7-4-12-22-18-17(19-23-20-18)16-9-8-15-10-11-21(16)13-15/h1-3,5-6,15-16H,4,7-13H2. The zero-order chi connectivity index (χ0) is 15.5. The molecule has 0 radical (unpaired) electrons. The van der Waals surface area contributed by atoms with Crippen LogP contribution in [0.3, 0.4) is 0 Å². The summed E-state index contributed by atoms with van der Waals surface area (Å²) in [5.74, 6) is 2.07. The normalized spacial score (nSPS) is 26.5. The number of hydrogen-bond acceptors (Lipinski definition) is 5. The fourth-order valence-electron chi connectivity index (χ4n) is 3.85. The lowest BCUT2D eigenvalue weighted by atomic mass is 9.95. The molecule has 4 rings (SSSR count). The summed E-state index contributed by atoms with van der Waals surface area (Å²) in [5, 5.41) is 1.19. The van der Waals surface area contributed by atoms with Gasteiger partial charge in [0.1, 0.15) is 10.7 Å². The maximum absolute atomic E-state index is 4.66. The highest BCUT2D eigenvalue weighted by molar-refractivity contribution is 7.99. The Hall–Kier alpha value is -0.910. The fraction of sp³-hybridized carbons (Fsp3) is 0.556. The van der Waals surface area contributed by atoms with Crippen molar-refractivity contribution in [3.8, 4) is 0 Å². The van der Waals surface area contributed by atoms with Gasteiger partial charge in [0, 0.05) is 6.54 Å². The minimum absolute atomic E-state index is 0.532. The Morgan fingerprint density at radius 3 is 2.96 bits per heavy atom. The van der Waals surface area contributed by atoms with Crippen LogP contribution in [0.1, 0.15) is 43.0 Å². The van der Waals surface area contributed by atoms with Crippen molar-refractivity contribution >= 4 is 23.5 Å². The molecule has 23 heavy (non-hydrogen) atoms. The number of fused-ring (bicyclic) bond motifs is 2. The summed E-state index contributed by atoms with van der Waals surface area (Å²) in [7, 11) is 0. The third kappa shape index (κ3) is 3.62. The molecule has 0 spiro atoms. The average Bonchev–Trinajstić information content (AvgIpc) is 3.21. The SMILES string of the molecule is c1ccc(CCCSc2nsnc2C2CCC3CCN2C3)cc1. The molecule has 2 fully saturated rings. The summed E-state index contributed by atoms with van der Waals surface area (Å²) in [6, 6.07) is 11.3. The van der Waals surface area contributed by atoms with Crippen molar-refractivity contribution in [2.75, 3.05) is 18.8 Å². The zero-order valence-corrected chi connectivity index (χ0v) is 15.0. The van der Waals surface area contributed by atoms with Crippen molar-refractivity contribution in [3.63, 3.8) is 0 Å². The molecular weight excluding hydrogens is 322 g/mol. The molecule has 3 unspecified atom stereocenters. The largest absolute Gasteiger partial charge is 0.294 e. The van der Waals surface area contributed by atoms with E-state index in [1.165, 1.54) is 66.8 Å². The first-order chi connectivity index (χ1) is 11.4. The van der Waals surface area contributed by atoms with E-state index in [0.29, 0.717) is 6.04 Å². The second-order valence-corrected chi connectivity index (χ2v) is 8.25. The molecule has 2 aliphatic heterocycles. The first-order valence-corrected chi connectivity index (χ1v) is 10.3. The zero-order valence-electron chi connectivity index (χ0n) is 13.4. The van der Waals surface area contributed by atoms with Crippen molar-refractivity contribution < 1.29 is 0 Å². The number of nitrogens with zero attached hydrogens (tertiary/aromatic N) is 3. The lowest BCUT2D eigenvalue weighted by Gasteiger charge is -2.31. The van der Waals surface area contributed by atoms with E-state index in [9.17, 15) is 0 Å². The number of rotatable bonds is 6. The lowest BCUT2D eigenvalue weighted by molar-refractivity contribution is 0.177. The van der Waals surface area contributed by atoms with Crippen LogP contribution in [-0.2, 0) is 6.42 Å². The Bertz CT molecular complexity index is 628. The Kier molecular flexibility index (Phi) is 4.97. The van der Waals surface area contributed by atoms with Crippen LogP contribution >= 0.6 is 23.5 Å². The van der Waals surface area contributed by atoms with Gasteiger partial charge in [0.05, 0.1) is 17.8 Å². The van der Waals surface area contributed by atoms with Crippen LogP contribution in [0.25, 0.3) is 0 Å². The highest BCUT2D eigenvalue weighted by Crippen LogP contribution is 2.41. The molecule has 0 saturated carbocycles. The summed E-state index contributed by atoms with van der Waals surface area (Å²) in [5.41, 5.74) is 2.69. The monoisotopic (exact) mass is 345 g/mol. The van der Waals surface area contributed by atoms with Crippen molar-refractivity contribution in [1.82, 2.24) is 13.6 Å². The lowest BCUT2D eigenvalue weighted by Crippen LogP contribution is -2.31. The summed E-state index contributed by atoms with van der Waals surface area (Å²) >= 11 is 3.30. The molecule has 2 bridgehead atoms. The number of benzene rings is 1. The Morgan fingerprint density at radius 2 is 2.04 bits per heavy atom. The van der Waals surface area contributed by atoms with Gasteiger partial charge in [-0.3, -0.25) is 4.90 Å². The van der Waals surface area contributed by atoms with E-state index >= 15 is 0 Å². The van der Waals surface area contributed by atoms with Crippen LogP contribution < -0.4 is 0 Å². The number of piperidine rings is 1. The molecule has 0 N–H and O–H groups in total. The van der Waals surface area contributed by atoms with Gasteiger partial charge < -0.3 is 0 Å². The number of hydrogen-bond donors (Lipinski definition) is 0. The molecule has 122 valence electrons. The molecule has 3 atom stereocenters. The van der Waals surface area contributed by atoms with Gasteiger partial charge in [0.2, 0.25) is 0 Å². The van der Waals surface area contributed by atoms with Crippen LogP contribution in [0, 0.1) is 5.92 Å². The van der Waals surface area contributed by atoms with Crippen LogP contribution in [0.4, 0.5) is 0 Å². The first-order valence-electron chi connectivity index (χ1n) is 8.63. The molecule has 3 nitrogen and oxygen atoms in total. The van der Waals surface area contributed by atoms with Gasteiger partial charge in [-0.05, 0) is 55.9 Å². The first kappa shape index (κ1) is 15.6. The molecular formula is C18H23N3S2. The van der Waals surface area contributed by atoms with E-state index in [2.05, 4.69) is 44.0 Å². The maximum Gasteiger partial charge on any atom is 0.135 e. The fourth-order valence-corrected chi connectivity index (χ4v) is 5.53. The quantitative estimate of drug-likeness (QED) is 0.572. The minimum atomic E-state index is 0.532. The highest BCUT2D eigenvalue weighted by atomic mass is 32.2. The smallest absolute Gasteiger partial charge is 0.135 e. The van der Waals surface area contributed by atoms with Gasteiger partial charge in [-0.2, -0.15) is 8.75 Å². The molecule has 2 saturated heterocycles. The van der Waals surface area contributed by atoms with E-state index in [4.69, 9.17) is 0 Å². The number of aromatic nitrogens is 2. The van der Waals surface area contributed by atoms with Gasteiger partial charge >= 0.3 is 0 Å². The number of thioether (sulfide) groups is 1. The van der Waals surface area contributed by atoms with E-state index in [1.54, 1.807) is 0 Å². The number of aryl methyl sites for hydroxylation is 1. The average molecular weight is 346 g/mol. The van der Waals surface area contributed by atoms with Crippen LogP contribution in [0.15, 0.2) is 35.4 Å². The molecule has 1 aromatic heterocycles. The summed E-state index contributed by atoms with van der Waals surface area (Å²) in [6.45, 7) is 2.53. The minimum Gasteiger partial charge on any atom is -0.294 e. The second-order valence-electron chi connectivity index (χ2n) is 6.64. The maximum atomic E-state index is 4.66. The molecule has 0 aliphatic carbocycles. The van der Waals surface area contributed by atoms with E-state index in [1.807, 2.05) is 11.8 Å². The molecule has 3 heterocycles. The van der Waals surface area contributed by atoms with Crippen LogP contribution in [0.2, 0.25) is 0 Å². The van der Waals surface area contributed by atoms with Gasteiger partial charge in [0.25, 0.3) is 0 Å². The summed E-state index contributed by atoms with van der Waals surface area (Å²) in [4.78, 5) is 2.64. The molecule has 5 heteroatoms. The van der Waals surface area contributed by atoms with Crippen molar-refractivity contribution in [3.05, 3.63) is 41.6 Å². The van der Waals surface area contributed by atoms with E-state index in [0.717, 1.165) is 18.1 Å². The van der Waals surface area contributed by atoms with Gasteiger partial charge in [-0.25, -0.2) is 0 Å².